The Kier molecular flexibility index (Phi) is 11.4. The summed E-state index contributed by atoms with van der Waals surface area (Å²) < 4.78 is 17.4. The zero-order valence-corrected chi connectivity index (χ0v) is 16.8. The molecule has 0 bridgehead atoms. The van der Waals surface area contributed by atoms with Gasteiger partial charge in [0.15, 0.2) is 0 Å². The van der Waals surface area contributed by atoms with Gasteiger partial charge >= 0.3 is 16.5 Å². The molecule has 3 rings (SSSR count). The van der Waals surface area contributed by atoms with E-state index in [0.717, 1.165) is 0 Å². The van der Waals surface area contributed by atoms with Crippen LogP contribution in [0.5, 0.6) is 0 Å². The van der Waals surface area contributed by atoms with Crippen molar-refractivity contribution in [3.05, 3.63) is 91.0 Å². The van der Waals surface area contributed by atoms with Crippen molar-refractivity contribution in [1.29, 1.82) is 0 Å². The van der Waals surface area contributed by atoms with E-state index in [1.807, 2.05) is 0 Å². The zero-order chi connectivity index (χ0) is 20.1. The molecule has 9 heteroatoms. The van der Waals surface area contributed by atoms with Gasteiger partial charge in [-0.3, -0.25) is 0 Å². The van der Waals surface area contributed by atoms with Crippen LogP contribution in [0.3, 0.4) is 0 Å². The van der Waals surface area contributed by atoms with Crippen LogP contribution >= 0.6 is 24.4 Å². The van der Waals surface area contributed by atoms with Crippen molar-refractivity contribution in [2.24, 2.45) is 0 Å². The van der Waals surface area contributed by atoms with Crippen molar-refractivity contribution in [2.75, 3.05) is 0 Å². The fraction of sp³-hybridized carbons (Fsp3) is 0. The van der Waals surface area contributed by atoms with Gasteiger partial charge in [0, 0.05) is 9.13 Å². The lowest BCUT2D eigenvalue weighted by Gasteiger charge is -2.18. The topological polar surface area (TPSA) is 115 Å². The molecule has 140 valence electrons. The van der Waals surface area contributed by atoms with Crippen LogP contribution in [0, 0.1) is 0 Å². The van der Waals surface area contributed by atoms with E-state index in [-0.39, 0.29) is 0 Å². The molecule has 0 radical (unpaired) electrons. The van der Waals surface area contributed by atoms with E-state index in [1.54, 1.807) is 0 Å². The van der Waals surface area contributed by atoms with Gasteiger partial charge in [0.05, 0.1) is 0 Å². The third kappa shape index (κ3) is 10.1. The standard InChI is InChI=1S/C18H15P.2HO3P/c1-4-10-16(11-5-1)19(17-12-6-2-7-13-17)18-14-8-3-9-15-18;2*1-4(2)3/h1-15H;2*(H-,1,2,3)/p+2. The van der Waals surface area contributed by atoms with Gasteiger partial charge in [-0.05, 0) is 23.8 Å². The number of hydrogen-bond acceptors (Lipinski definition) is 2. The Morgan fingerprint density at radius 3 is 0.852 bits per heavy atom. The van der Waals surface area contributed by atoms with Crippen molar-refractivity contribution in [2.45, 2.75) is 0 Å². The smallest absolute Gasteiger partial charge is 0.134 e. The van der Waals surface area contributed by atoms with E-state index in [2.05, 4.69) is 91.0 Å². The Morgan fingerprint density at radius 1 is 0.481 bits per heavy atom. The molecule has 0 unspecified atom stereocenters. The first-order valence-electron chi connectivity index (χ1n) is 7.57. The molecule has 0 atom stereocenters. The van der Waals surface area contributed by atoms with Gasteiger partial charge in [0.25, 0.3) is 0 Å². The third-order valence-corrected chi connectivity index (χ3v) is 5.49. The molecule has 0 fully saturated rings. The van der Waals surface area contributed by atoms with E-state index in [0.29, 0.717) is 0 Å². The van der Waals surface area contributed by atoms with Gasteiger partial charge < -0.3 is 0 Å². The van der Waals surface area contributed by atoms with Crippen LogP contribution in [0.4, 0.5) is 0 Å². The summed E-state index contributed by atoms with van der Waals surface area (Å²) in [4.78, 5) is 28.5. The summed E-state index contributed by atoms with van der Waals surface area (Å²) in [6.07, 6.45) is 0. The number of benzene rings is 3. The molecule has 0 spiro atoms. The Hall–Kier alpha value is -1.87. The SMILES string of the molecule is O=[P+](O)O.O=[P+](O)O.c1ccc(P(c2ccccc2)c2ccccc2)cc1. The first kappa shape index (κ1) is 23.2. The predicted molar refractivity (Wildman–Crippen MR) is 109 cm³/mol. The summed E-state index contributed by atoms with van der Waals surface area (Å²) in [5, 5.41) is 4.19. The minimum Gasteiger partial charge on any atom is -0.134 e. The average Bonchev–Trinajstić information content (AvgIpc) is 2.64. The molecule has 0 amide bonds. The van der Waals surface area contributed by atoms with E-state index in [1.165, 1.54) is 15.9 Å². The molecular weight excluding hydrogens is 405 g/mol. The third-order valence-electron chi connectivity index (χ3n) is 3.04. The quantitative estimate of drug-likeness (QED) is 0.481. The number of rotatable bonds is 3. The van der Waals surface area contributed by atoms with E-state index in [4.69, 9.17) is 28.7 Å². The average molecular weight is 424 g/mol. The fourth-order valence-electron chi connectivity index (χ4n) is 2.18. The van der Waals surface area contributed by atoms with E-state index < -0.39 is 24.4 Å². The normalized spacial score (nSPS) is 9.37. The van der Waals surface area contributed by atoms with Crippen molar-refractivity contribution in [3.8, 4) is 0 Å². The molecule has 3 aromatic rings. The first-order valence-corrected chi connectivity index (χ1v) is 11.2. The van der Waals surface area contributed by atoms with Crippen LogP contribution < -0.4 is 15.9 Å². The van der Waals surface area contributed by atoms with Crippen LogP contribution in [0.15, 0.2) is 91.0 Å². The molecule has 0 aliphatic heterocycles. The minimum absolute atomic E-state index is 0.446. The lowest BCUT2D eigenvalue weighted by Crippen LogP contribution is -2.20. The lowest BCUT2D eigenvalue weighted by atomic mass is 10.4. The van der Waals surface area contributed by atoms with Crippen LogP contribution in [-0.2, 0) is 9.13 Å². The van der Waals surface area contributed by atoms with Crippen LogP contribution in [0.2, 0.25) is 0 Å². The van der Waals surface area contributed by atoms with Crippen LogP contribution in [-0.4, -0.2) is 19.6 Å². The first-order chi connectivity index (χ1) is 12.9. The predicted octanol–water partition coefficient (Wildman–Crippen LogP) is 2.70. The van der Waals surface area contributed by atoms with E-state index >= 15 is 0 Å². The van der Waals surface area contributed by atoms with Crippen LogP contribution in [0.25, 0.3) is 0 Å². The maximum absolute atomic E-state index is 8.70. The molecular formula is C18H19O6P3+2. The molecule has 0 aromatic heterocycles. The summed E-state index contributed by atoms with van der Waals surface area (Å²) in [6, 6.07) is 32.3. The van der Waals surface area contributed by atoms with Gasteiger partial charge in [-0.15, -0.1) is 19.6 Å². The van der Waals surface area contributed by atoms with Crippen molar-refractivity contribution in [1.82, 2.24) is 0 Å². The van der Waals surface area contributed by atoms with Gasteiger partial charge in [0.2, 0.25) is 0 Å². The molecule has 6 nitrogen and oxygen atoms in total. The molecule has 0 aliphatic rings. The Balaban J connectivity index is 0.000000390. The maximum atomic E-state index is 8.70. The van der Waals surface area contributed by atoms with Gasteiger partial charge in [-0.2, -0.15) is 0 Å². The van der Waals surface area contributed by atoms with Gasteiger partial charge in [-0.25, -0.2) is 0 Å². The maximum Gasteiger partial charge on any atom is 0.692 e. The molecule has 27 heavy (non-hydrogen) atoms. The summed E-state index contributed by atoms with van der Waals surface area (Å²) in [7, 11) is -6.19. The molecule has 4 N–H and O–H groups in total. The Morgan fingerprint density at radius 2 is 0.667 bits per heavy atom. The zero-order valence-electron chi connectivity index (χ0n) is 14.1. The molecule has 0 saturated carbocycles. The molecule has 0 heterocycles. The monoisotopic (exact) mass is 424 g/mol. The summed E-state index contributed by atoms with van der Waals surface area (Å²) in [6.45, 7) is 0. The largest absolute Gasteiger partial charge is 0.692 e. The lowest BCUT2D eigenvalue weighted by molar-refractivity contribution is 0.403. The Bertz CT molecular complexity index is 702. The Labute approximate surface area is 160 Å². The fourth-order valence-corrected chi connectivity index (χ4v) is 4.48. The second-order valence-corrected chi connectivity index (χ2v) is 8.08. The molecule has 0 saturated heterocycles. The van der Waals surface area contributed by atoms with Gasteiger partial charge in [0.1, 0.15) is 0 Å². The molecule has 3 aromatic carbocycles. The van der Waals surface area contributed by atoms with Crippen molar-refractivity contribution in [3.63, 3.8) is 0 Å². The van der Waals surface area contributed by atoms with Crippen molar-refractivity contribution < 1.29 is 28.7 Å². The molecule has 0 aliphatic carbocycles. The summed E-state index contributed by atoms with van der Waals surface area (Å²) in [5.74, 6) is 0. The van der Waals surface area contributed by atoms with Crippen molar-refractivity contribution >= 4 is 40.3 Å². The second kappa shape index (κ2) is 13.3. The summed E-state index contributed by atoms with van der Waals surface area (Å²) in [5.41, 5.74) is 0. The highest BCUT2D eigenvalue weighted by atomic mass is 31.1. The number of hydrogen-bond donors (Lipinski definition) is 4. The van der Waals surface area contributed by atoms with Gasteiger partial charge in [-0.1, -0.05) is 91.0 Å². The minimum atomic E-state index is -2.87. The van der Waals surface area contributed by atoms with E-state index in [9.17, 15) is 0 Å². The highest BCUT2D eigenvalue weighted by molar-refractivity contribution is 7.79. The second-order valence-electron chi connectivity index (χ2n) is 4.85. The van der Waals surface area contributed by atoms with Crippen LogP contribution in [0.1, 0.15) is 0 Å². The summed E-state index contributed by atoms with van der Waals surface area (Å²) >= 11 is 0. The highest BCUT2D eigenvalue weighted by Crippen LogP contribution is 2.32. The highest BCUT2D eigenvalue weighted by Gasteiger charge is 2.14.